The Labute approximate surface area is 176 Å². The van der Waals surface area contributed by atoms with Gasteiger partial charge in [0.15, 0.2) is 0 Å². The van der Waals surface area contributed by atoms with Gasteiger partial charge in [-0.1, -0.05) is 56.3 Å². The minimum atomic E-state index is -0.682. The smallest absolute Gasteiger partial charge is 0.0887 e. The van der Waals surface area contributed by atoms with Crippen LogP contribution in [0.2, 0.25) is 0 Å². The summed E-state index contributed by atoms with van der Waals surface area (Å²) in [4.78, 5) is 0. The van der Waals surface area contributed by atoms with Crippen molar-refractivity contribution in [2.45, 2.75) is 83.3 Å². The molecule has 7 unspecified atom stereocenters. The second kappa shape index (κ2) is 6.95. The van der Waals surface area contributed by atoms with Gasteiger partial charge in [0.1, 0.15) is 0 Å². The highest BCUT2D eigenvalue weighted by atomic mass is 16.3. The zero-order chi connectivity index (χ0) is 20.3. The lowest BCUT2D eigenvalue weighted by atomic mass is 9.44. The predicted octanol–water partition coefficient (Wildman–Crippen LogP) is 5.83. The fraction of sp³-hybridized carbons (Fsp3) is 0.704. The van der Waals surface area contributed by atoms with Gasteiger partial charge in [-0.15, -0.1) is 0 Å². The molecule has 8 atom stereocenters. The number of rotatable bonds is 2. The van der Waals surface area contributed by atoms with E-state index in [0.717, 1.165) is 43.9 Å². The number of benzene rings is 1. The van der Waals surface area contributed by atoms with Gasteiger partial charge in [-0.3, -0.25) is 0 Å². The van der Waals surface area contributed by atoms with Gasteiger partial charge in [0.05, 0.1) is 11.7 Å². The molecule has 0 amide bonds. The summed E-state index contributed by atoms with van der Waals surface area (Å²) in [6.45, 7) is 4.93. The minimum absolute atomic E-state index is 0.00315. The van der Waals surface area contributed by atoms with Gasteiger partial charge < -0.3 is 10.2 Å². The maximum atomic E-state index is 11.8. The van der Waals surface area contributed by atoms with E-state index in [1.165, 1.54) is 31.2 Å². The van der Waals surface area contributed by atoms with E-state index in [0.29, 0.717) is 17.3 Å². The van der Waals surface area contributed by atoms with Crippen molar-refractivity contribution >= 4 is 6.08 Å². The topological polar surface area (TPSA) is 40.5 Å². The van der Waals surface area contributed by atoms with Crippen molar-refractivity contribution in [2.75, 3.05) is 0 Å². The van der Waals surface area contributed by atoms with Crippen LogP contribution < -0.4 is 0 Å². The number of aliphatic hydroxyl groups is 2. The van der Waals surface area contributed by atoms with Crippen LogP contribution in [0.1, 0.15) is 77.2 Å². The van der Waals surface area contributed by atoms with Crippen molar-refractivity contribution in [1.82, 2.24) is 0 Å². The molecule has 2 N–H and O–H groups in total. The molecule has 4 fully saturated rings. The van der Waals surface area contributed by atoms with Crippen molar-refractivity contribution in [3.8, 4) is 0 Å². The molecular formula is C27H38O2. The number of aliphatic hydroxyl groups excluding tert-OH is 1. The van der Waals surface area contributed by atoms with Crippen LogP contribution in [-0.4, -0.2) is 21.9 Å². The van der Waals surface area contributed by atoms with Gasteiger partial charge >= 0.3 is 0 Å². The lowest BCUT2D eigenvalue weighted by molar-refractivity contribution is -0.146. The average molecular weight is 395 g/mol. The molecule has 2 nitrogen and oxygen atoms in total. The Bertz CT molecular complexity index is 772. The second-order valence-corrected chi connectivity index (χ2v) is 11.2. The first-order valence-electron chi connectivity index (χ1n) is 12.0. The molecule has 0 radical (unpaired) electrons. The lowest BCUT2D eigenvalue weighted by Crippen LogP contribution is -2.56. The number of fused-ring (bicyclic) bond motifs is 5. The van der Waals surface area contributed by atoms with Gasteiger partial charge in [0.25, 0.3) is 0 Å². The summed E-state index contributed by atoms with van der Waals surface area (Å²) in [5.74, 6) is 2.88. The van der Waals surface area contributed by atoms with Gasteiger partial charge in [-0.25, -0.2) is 0 Å². The summed E-state index contributed by atoms with van der Waals surface area (Å²) in [5.41, 5.74) is 0.898. The molecule has 4 saturated carbocycles. The van der Waals surface area contributed by atoms with Crippen LogP contribution in [0.4, 0.5) is 0 Å². The second-order valence-electron chi connectivity index (χ2n) is 11.2. The Morgan fingerprint density at radius 3 is 2.45 bits per heavy atom. The molecule has 0 aliphatic heterocycles. The molecule has 158 valence electrons. The van der Waals surface area contributed by atoms with E-state index in [4.69, 9.17) is 0 Å². The molecule has 0 saturated heterocycles. The Morgan fingerprint density at radius 1 is 0.897 bits per heavy atom. The Balaban J connectivity index is 1.40. The van der Waals surface area contributed by atoms with E-state index in [1.54, 1.807) is 0 Å². The van der Waals surface area contributed by atoms with Gasteiger partial charge in [-0.05, 0) is 92.4 Å². The van der Waals surface area contributed by atoms with Crippen LogP contribution in [-0.2, 0) is 0 Å². The van der Waals surface area contributed by atoms with Gasteiger partial charge in [0.2, 0.25) is 0 Å². The lowest BCUT2D eigenvalue weighted by Gasteiger charge is -2.61. The van der Waals surface area contributed by atoms with E-state index in [1.807, 2.05) is 6.07 Å². The Kier molecular flexibility index (Phi) is 4.75. The molecule has 0 bridgehead atoms. The van der Waals surface area contributed by atoms with Crippen molar-refractivity contribution in [3.05, 3.63) is 42.0 Å². The zero-order valence-electron chi connectivity index (χ0n) is 18.2. The maximum absolute atomic E-state index is 11.8. The Morgan fingerprint density at radius 2 is 1.66 bits per heavy atom. The molecule has 29 heavy (non-hydrogen) atoms. The quantitative estimate of drug-likeness (QED) is 0.662. The molecule has 0 spiro atoms. The van der Waals surface area contributed by atoms with E-state index in [2.05, 4.69) is 50.3 Å². The average Bonchev–Trinajstić information content (AvgIpc) is 2.99. The Hall–Kier alpha value is -1.12. The van der Waals surface area contributed by atoms with Crippen molar-refractivity contribution in [3.63, 3.8) is 0 Å². The molecule has 2 heteroatoms. The summed E-state index contributed by atoms with van der Waals surface area (Å²) in [6.07, 6.45) is 14.4. The van der Waals surface area contributed by atoms with Crippen molar-refractivity contribution < 1.29 is 10.2 Å². The highest BCUT2D eigenvalue weighted by molar-refractivity contribution is 5.51. The van der Waals surface area contributed by atoms with Crippen molar-refractivity contribution in [1.29, 1.82) is 0 Å². The zero-order valence-corrected chi connectivity index (χ0v) is 18.2. The highest BCUT2D eigenvalue weighted by Gasteiger charge is 2.63. The monoisotopic (exact) mass is 394 g/mol. The molecule has 1 aromatic rings. The third-order valence-corrected chi connectivity index (χ3v) is 10.2. The van der Waals surface area contributed by atoms with Crippen LogP contribution in [0.25, 0.3) is 6.08 Å². The molecule has 1 aromatic carbocycles. The third kappa shape index (κ3) is 2.97. The molecule has 0 heterocycles. The summed E-state index contributed by atoms with van der Waals surface area (Å²) < 4.78 is 0. The van der Waals surface area contributed by atoms with Crippen LogP contribution in [0.3, 0.4) is 0 Å². The molecular weight excluding hydrogens is 356 g/mol. The maximum Gasteiger partial charge on any atom is 0.0887 e. The fourth-order valence-electron chi connectivity index (χ4n) is 8.36. The number of hydrogen-bond acceptors (Lipinski definition) is 2. The van der Waals surface area contributed by atoms with Gasteiger partial charge in [0, 0.05) is 5.41 Å². The van der Waals surface area contributed by atoms with Crippen LogP contribution in [0.5, 0.6) is 0 Å². The minimum Gasteiger partial charge on any atom is -0.393 e. The predicted molar refractivity (Wildman–Crippen MR) is 118 cm³/mol. The van der Waals surface area contributed by atoms with Crippen LogP contribution in [0.15, 0.2) is 36.4 Å². The molecule has 5 rings (SSSR count). The standard InChI is InChI=1S/C27H38O2/c1-25-14-11-21(28)18-20(25)8-9-22-23(25)12-15-26(2)24(22)13-17-27(26,29)16-10-19-6-4-3-5-7-19/h3-7,10,16,20-24,28-29H,8-9,11-15,17-18H2,1-2H3/b16-10+/t20?,21?,22?,23?,24?,25?,26?,27-/m0/s1. The summed E-state index contributed by atoms with van der Waals surface area (Å²) in [7, 11) is 0. The SMILES string of the molecule is CC12CCC(O)CC1CCC1C2CCC2(C)C1CC[C@@]2(O)/C=C/c1ccccc1. The van der Waals surface area contributed by atoms with E-state index >= 15 is 0 Å². The summed E-state index contributed by atoms with van der Waals surface area (Å²) >= 11 is 0. The van der Waals surface area contributed by atoms with Crippen molar-refractivity contribution in [2.24, 2.45) is 34.5 Å². The van der Waals surface area contributed by atoms with Crippen LogP contribution >= 0.6 is 0 Å². The first kappa shape index (κ1) is 19.8. The van der Waals surface area contributed by atoms with Crippen LogP contribution in [0, 0.1) is 34.5 Å². The van der Waals surface area contributed by atoms with Gasteiger partial charge in [-0.2, -0.15) is 0 Å². The van der Waals surface area contributed by atoms with E-state index in [9.17, 15) is 10.2 Å². The largest absolute Gasteiger partial charge is 0.393 e. The molecule has 4 aliphatic carbocycles. The normalized spacial score (nSPS) is 49.4. The third-order valence-electron chi connectivity index (χ3n) is 10.2. The first-order valence-corrected chi connectivity index (χ1v) is 12.0. The molecule has 4 aliphatic rings. The highest BCUT2D eigenvalue weighted by Crippen LogP contribution is 2.68. The summed E-state index contributed by atoms with van der Waals surface area (Å²) in [6, 6.07) is 10.4. The summed E-state index contributed by atoms with van der Waals surface area (Å²) in [5, 5.41) is 22.0. The van der Waals surface area contributed by atoms with E-state index < -0.39 is 5.60 Å². The molecule has 0 aromatic heterocycles. The fourth-order valence-corrected chi connectivity index (χ4v) is 8.36. The van der Waals surface area contributed by atoms with E-state index in [-0.39, 0.29) is 11.5 Å². The first-order chi connectivity index (χ1) is 13.9. The number of hydrogen-bond donors (Lipinski definition) is 2.